The summed E-state index contributed by atoms with van der Waals surface area (Å²) >= 11 is 0. The molecule has 2 heterocycles. The number of piperidine rings is 1. The topological polar surface area (TPSA) is 90.2 Å². The van der Waals surface area contributed by atoms with Gasteiger partial charge in [0.1, 0.15) is 12.2 Å². The Kier molecular flexibility index (Phi) is 2.57. The molecule has 4 aliphatic rings. The third-order valence-electron chi connectivity index (χ3n) is 6.51. The number of likely N-dealkylation sites (N-methyl/N-ethyl adjacent to an activating group) is 1. The zero-order valence-corrected chi connectivity index (χ0v) is 13.3. The average Bonchev–Trinajstić information content (AvgIpc) is 2.89. The van der Waals surface area contributed by atoms with E-state index in [1.54, 1.807) is 6.08 Å². The molecule has 6 heteroatoms. The minimum Gasteiger partial charge on any atom is -0.504 e. The number of phenolic OH excluding ortho intramolecular Hbond substituents is 1. The maximum atomic E-state index is 11.7. The number of aromatic hydroxyl groups is 1. The highest BCUT2D eigenvalue weighted by Gasteiger charge is 2.64. The van der Waals surface area contributed by atoms with Gasteiger partial charge in [0.25, 0.3) is 0 Å². The molecule has 5 atom stereocenters. The molecule has 2 aliphatic heterocycles. The van der Waals surface area contributed by atoms with Gasteiger partial charge in [-0.1, -0.05) is 12.2 Å². The van der Waals surface area contributed by atoms with Gasteiger partial charge in [-0.05, 0) is 38.1 Å². The molecule has 5 rings (SSSR count). The first-order valence-corrected chi connectivity index (χ1v) is 8.31. The molecule has 1 saturated heterocycles. The van der Waals surface area contributed by atoms with Crippen LogP contribution in [-0.4, -0.2) is 58.0 Å². The Morgan fingerprint density at radius 1 is 1.42 bits per heavy atom. The van der Waals surface area contributed by atoms with Gasteiger partial charge in [-0.15, -0.1) is 0 Å². The standard InChI is InChI=1S/C18H19NO5/c1-19-5-4-18-10-2-3-12(20)16(18)24-15-13(21)7-9(17(22)23)8(14(15)18)6-11(10)19/h2-3,7,10-12,16,20-21H,4-6H2,1H3,(H,22,23)/t10-,11+,12-,16-,18-/m0/s1. The van der Waals surface area contributed by atoms with E-state index in [9.17, 15) is 20.1 Å². The van der Waals surface area contributed by atoms with E-state index in [0.717, 1.165) is 24.1 Å². The lowest BCUT2D eigenvalue weighted by Gasteiger charge is -2.56. The predicted molar refractivity (Wildman–Crippen MR) is 84.5 cm³/mol. The Balaban J connectivity index is 1.87. The summed E-state index contributed by atoms with van der Waals surface area (Å²) in [6.07, 6.45) is 4.02. The third-order valence-corrected chi connectivity index (χ3v) is 6.51. The fourth-order valence-electron chi connectivity index (χ4n) is 5.51. The smallest absolute Gasteiger partial charge is 0.336 e. The highest BCUT2D eigenvalue weighted by molar-refractivity contribution is 5.92. The summed E-state index contributed by atoms with van der Waals surface area (Å²) in [7, 11) is 2.06. The molecule has 126 valence electrons. The number of nitrogens with zero attached hydrogens (tertiary/aromatic N) is 1. The van der Waals surface area contributed by atoms with E-state index in [0.29, 0.717) is 12.2 Å². The number of rotatable bonds is 1. The van der Waals surface area contributed by atoms with Gasteiger partial charge in [0.05, 0.1) is 5.56 Å². The summed E-state index contributed by atoms with van der Waals surface area (Å²) in [5.41, 5.74) is 1.28. The van der Waals surface area contributed by atoms with Crippen LogP contribution in [0.5, 0.6) is 11.5 Å². The molecule has 0 aromatic heterocycles. The van der Waals surface area contributed by atoms with Crippen LogP contribution >= 0.6 is 0 Å². The predicted octanol–water partition coefficient (Wildman–Crippen LogP) is 0.896. The molecule has 6 nitrogen and oxygen atoms in total. The molecule has 0 radical (unpaired) electrons. The van der Waals surface area contributed by atoms with E-state index in [2.05, 4.69) is 18.0 Å². The Morgan fingerprint density at radius 3 is 2.96 bits per heavy atom. The first-order chi connectivity index (χ1) is 11.4. The number of aliphatic hydroxyl groups excluding tert-OH is 1. The fraction of sp³-hybridized carbons (Fsp3) is 0.500. The van der Waals surface area contributed by atoms with E-state index in [4.69, 9.17) is 4.74 Å². The molecule has 2 aliphatic carbocycles. The van der Waals surface area contributed by atoms with E-state index >= 15 is 0 Å². The number of hydrogen-bond acceptors (Lipinski definition) is 5. The number of carbonyl (C=O) groups is 1. The Bertz CT molecular complexity index is 803. The second-order valence-corrected chi connectivity index (χ2v) is 7.41. The summed E-state index contributed by atoms with van der Waals surface area (Å²) < 4.78 is 6.03. The van der Waals surface area contributed by atoms with Crippen molar-refractivity contribution in [2.24, 2.45) is 5.92 Å². The van der Waals surface area contributed by atoms with Crippen LogP contribution in [0.3, 0.4) is 0 Å². The number of aliphatic hydroxyl groups is 1. The van der Waals surface area contributed by atoms with Crippen LogP contribution in [0.1, 0.15) is 27.9 Å². The Hall–Kier alpha value is -2.05. The van der Waals surface area contributed by atoms with Gasteiger partial charge >= 0.3 is 5.97 Å². The van der Waals surface area contributed by atoms with Gasteiger partial charge in [-0.25, -0.2) is 4.79 Å². The van der Waals surface area contributed by atoms with Gasteiger partial charge in [-0.3, -0.25) is 0 Å². The van der Waals surface area contributed by atoms with Crippen LogP contribution in [0.25, 0.3) is 0 Å². The van der Waals surface area contributed by atoms with Gasteiger partial charge < -0.3 is 25.0 Å². The van der Waals surface area contributed by atoms with Crippen molar-refractivity contribution in [1.29, 1.82) is 0 Å². The van der Waals surface area contributed by atoms with Crippen molar-refractivity contribution in [2.45, 2.75) is 36.5 Å². The lowest BCUT2D eigenvalue weighted by atomic mass is 9.53. The largest absolute Gasteiger partial charge is 0.504 e. The van der Waals surface area contributed by atoms with Gasteiger partial charge in [0.15, 0.2) is 11.5 Å². The maximum Gasteiger partial charge on any atom is 0.336 e. The summed E-state index contributed by atoms with van der Waals surface area (Å²) in [6, 6.07) is 1.47. The van der Waals surface area contributed by atoms with Crippen LogP contribution in [0.4, 0.5) is 0 Å². The molecule has 3 N–H and O–H groups in total. The Labute approximate surface area is 139 Å². The van der Waals surface area contributed by atoms with Crippen LogP contribution in [0.15, 0.2) is 18.2 Å². The van der Waals surface area contributed by atoms with Crippen molar-refractivity contribution >= 4 is 5.97 Å². The van der Waals surface area contributed by atoms with E-state index < -0.39 is 23.6 Å². The highest BCUT2D eigenvalue weighted by Crippen LogP contribution is 2.62. The molecule has 1 spiro atoms. The van der Waals surface area contributed by atoms with Crippen molar-refractivity contribution in [3.63, 3.8) is 0 Å². The number of carboxylic acids is 1. The number of benzene rings is 1. The van der Waals surface area contributed by atoms with E-state index in [-0.39, 0.29) is 23.3 Å². The molecule has 2 bridgehead atoms. The molecule has 24 heavy (non-hydrogen) atoms. The minimum absolute atomic E-state index is 0.141. The molecule has 0 saturated carbocycles. The second-order valence-electron chi connectivity index (χ2n) is 7.41. The van der Waals surface area contributed by atoms with E-state index in [1.165, 1.54) is 6.07 Å². The lowest BCUT2D eigenvalue weighted by Crippen LogP contribution is -2.64. The molecule has 1 aromatic rings. The lowest BCUT2D eigenvalue weighted by molar-refractivity contribution is -0.0454. The van der Waals surface area contributed by atoms with E-state index in [1.807, 2.05) is 0 Å². The van der Waals surface area contributed by atoms with Crippen molar-refractivity contribution in [3.05, 3.63) is 34.9 Å². The zero-order chi connectivity index (χ0) is 16.8. The number of hydrogen-bond donors (Lipinski definition) is 3. The summed E-state index contributed by atoms with van der Waals surface area (Å²) in [5, 5.41) is 30.5. The summed E-state index contributed by atoms with van der Waals surface area (Å²) in [4.78, 5) is 14.0. The number of ether oxygens (including phenoxy) is 1. The second kappa shape index (κ2) is 4.32. The molecule has 0 unspecified atom stereocenters. The van der Waals surface area contributed by atoms with Gasteiger partial charge in [0, 0.05) is 22.9 Å². The number of phenols is 1. The van der Waals surface area contributed by atoms with Crippen molar-refractivity contribution in [3.8, 4) is 11.5 Å². The summed E-state index contributed by atoms with van der Waals surface area (Å²) in [6.45, 7) is 0.860. The van der Waals surface area contributed by atoms with Crippen LogP contribution in [0.2, 0.25) is 0 Å². The quantitative estimate of drug-likeness (QED) is 0.663. The molecular formula is C18H19NO5. The molecule has 0 amide bonds. The Morgan fingerprint density at radius 2 is 2.21 bits per heavy atom. The van der Waals surface area contributed by atoms with Crippen LogP contribution < -0.4 is 4.74 Å². The number of carboxylic acid groups (broad SMARTS) is 1. The number of likely N-dealkylation sites (tertiary alicyclic amines) is 1. The molecular weight excluding hydrogens is 310 g/mol. The molecule has 1 aromatic carbocycles. The number of aromatic carboxylic acids is 1. The van der Waals surface area contributed by atoms with Crippen molar-refractivity contribution < 1.29 is 24.9 Å². The third kappa shape index (κ3) is 1.42. The zero-order valence-electron chi connectivity index (χ0n) is 13.3. The van der Waals surface area contributed by atoms with Gasteiger partial charge in [0.2, 0.25) is 0 Å². The van der Waals surface area contributed by atoms with Crippen molar-refractivity contribution in [1.82, 2.24) is 4.90 Å². The average molecular weight is 329 g/mol. The van der Waals surface area contributed by atoms with Crippen molar-refractivity contribution in [2.75, 3.05) is 13.6 Å². The fourth-order valence-corrected chi connectivity index (χ4v) is 5.51. The minimum atomic E-state index is -1.03. The molecule has 1 fully saturated rings. The van der Waals surface area contributed by atoms with Crippen LogP contribution in [0, 0.1) is 5.92 Å². The van der Waals surface area contributed by atoms with Crippen LogP contribution in [-0.2, 0) is 11.8 Å². The maximum absolute atomic E-state index is 11.7. The SMILES string of the molecule is CN1CC[C@]23c4c5c(C(=O)O)cc(O)c4O[C@H]2[C@@H](O)C=C[C@H]3[C@H]1C5. The monoisotopic (exact) mass is 329 g/mol. The first kappa shape index (κ1) is 14.3. The summed E-state index contributed by atoms with van der Waals surface area (Å²) in [5.74, 6) is -0.648. The first-order valence-electron chi connectivity index (χ1n) is 8.31. The normalized spacial score (nSPS) is 38.6. The highest BCUT2D eigenvalue weighted by atomic mass is 16.5. The van der Waals surface area contributed by atoms with Gasteiger partial charge in [-0.2, -0.15) is 0 Å².